The molecule has 3 aromatic carbocycles. The SMILES string of the molecule is N#Cc1cc(S(=O)(=O)N2CC[C@@H]2C(=O)N(Cc2ccc(C3CCCCC3)cc2)c2ccc(C(=O)O)c(O)c2)ccc1F. The predicted octanol–water partition coefficient (Wildman–Crippen LogP) is 5.15. The number of amides is 1. The van der Waals surface area contributed by atoms with Crippen molar-refractivity contribution >= 4 is 27.6 Å². The summed E-state index contributed by atoms with van der Waals surface area (Å²) >= 11 is 0. The number of carbonyl (C=O) groups is 2. The van der Waals surface area contributed by atoms with Crippen LogP contribution in [-0.4, -0.2) is 47.4 Å². The van der Waals surface area contributed by atoms with Crippen molar-refractivity contribution in [1.29, 1.82) is 5.26 Å². The Labute approximate surface area is 243 Å². The maximum absolute atomic E-state index is 13.9. The molecule has 1 atom stereocenters. The first kappa shape index (κ1) is 29.2. The number of carboxylic acid groups (broad SMARTS) is 1. The second-order valence-corrected chi connectivity index (χ2v) is 12.6. The zero-order chi connectivity index (χ0) is 30.0. The van der Waals surface area contributed by atoms with Crippen LogP contribution in [0.15, 0.2) is 65.6 Å². The number of carboxylic acids is 1. The molecule has 0 unspecified atom stereocenters. The highest BCUT2D eigenvalue weighted by atomic mass is 32.2. The van der Waals surface area contributed by atoms with Crippen LogP contribution in [0.2, 0.25) is 0 Å². The second-order valence-electron chi connectivity index (χ2n) is 10.7. The van der Waals surface area contributed by atoms with Gasteiger partial charge in [0.15, 0.2) is 0 Å². The van der Waals surface area contributed by atoms with Crippen molar-refractivity contribution in [1.82, 2.24) is 4.31 Å². The van der Waals surface area contributed by atoms with Crippen molar-refractivity contribution in [3.63, 3.8) is 0 Å². The lowest BCUT2D eigenvalue weighted by Crippen LogP contribution is -2.58. The van der Waals surface area contributed by atoms with Crippen LogP contribution >= 0.6 is 0 Å². The number of halogens is 1. The molecule has 3 aromatic rings. The molecule has 1 saturated heterocycles. The first-order chi connectivity index (χ1) is 20.1. The van der Waals surface area contributed by atoms with Gasteiger partial charge in [0.25, 0.3) is 0 Å². The van der Waals surface area contributed by atoms with Gasteiger partial charge in [0.2, 0.25) is 15.9 Å². The van der Waals surface area contributed by atoms with Crippen LogP contribution in [0.4, 0.5) is 10.1 Å². The van der Waals surface area contributed by atoms with Crippen molar-refractivity contribution in [2.75, 3.05) is 11.4 Å². The van der Waals surface area contributed by atoms with Gasteiger partial charge in [0.1, 0.15) is 29.2 Å². The van der Waals surface area contributed by atoms with Crippen LogP contribution in [-0.2, 0) is 21.4 Å². The highest BCUT2D eigenvalue weighted by Crippen LogP contribution is 2.35. The summed E-state index contributed by atoms with van der Waals surface area (Å²) in [6.07, 6.45) is 6.13. The number of aromatic hydroxyl groups is 1. The summed E-state index contributed by atoms with van der Waals surface area (Å²) in [6, 6.07) is 15.1. The Morgan fingerprint density at radius 1 is 1.00 bits per heavy atom. The molecule has 42 heavy (non-hydrogen) atoms. The van der Waals surface area contributed by atoms with Gasteiger partial charge in [-0.05, 0) is 66.6 Å². The molecule has 9 nitrogen and oxygen atoms in total. The molecule has 2 N–H and O–H groups in total. The van der Waals surface area contributed by atoms with Crippen molar-refractivity contribution in [2.24, 2.45) is 0 Å². The Morgan fingerprint density at radius 2 is 1.71 bits per heavy atom. The number of nitrogens with zero attached hydrogens (tertiary/aromatic N) is 3. The number of carbonyl (C=O) groups excluding carboxylic acids is 1. The number of nitriles is 1. The molecule has 218 valence electrons. The van der Waals surface area contributed by atoms with Crippen molar-refractivity contribution < 1.29 is 32.6 Å². The summed E-state index contributed by atoms with van der Waals surface area (Å²) in [6.45, 7) is 0.0975. The summed E-state index contributed by atoms with van der Waals surface area (Å²) in [7, 11) is -4.24. The number of benzene rings is 3. The van der Waals surface area contributed by atoms with E-state index in [4.69, 9.17) is 5.26 Å². The van der Waals surface area contributed by atoms with Crippen molar-refractivity contribution in [2.45, 2.75) is 61.9 Å². The molecule has 1 amide bonds. The quantitative estimate of drug-likeness (QED) is 0.370. The molecular weight excluding hydrogens is 561 g/mol. The van der Waals surface area contributed by atoms with Crippen LogP contribution in [0.25, 0.3) is 0 Å². The molecule has 1 heterocycles. The average molecular weight is 592 g/mol. The number of anilines is 1. The van der Waals surface area contributed by atoms with E-state index in [2.05, 4.69) is 0 Å². The van der Waals surface area contributed by atoms with Gasteiger partial charge >= 0.3 is 5.97 Å². The highest BCUT2D eigenvalue weighted by molar-refractivity contribution is 7.89. The molecule has 1 saturated carbocycles. The minimum atomic E-state index is -4.24. The van der Waals surface area contributed by atoms with Gasteiger partial charge in [-0.25, -0.2) is 17.6 Å². The van der Waals surface area contributed by atoms with E-state index in [0.717, 1.165) is 40.9 Å². The van der Waals surface area contributed by atoms with Crippen LogP contribution < -0.4 is 4.90 Å². The molecule has 0 spiro atoms. The van der Waals surface area contributed by atoms with Gasteiger partial charge < -0.3 is 15.1 Å². The van der Waals surface area contributed by atoms with Crippen LogP contribution in [0, 0.1) is 17.1 Å². The number of rotatable bonds is 8. The maximum atomic E-state index is 13.9. The van der Waals surface area contributed by atoms with E-state index in [-0.39, 0.29) is 35.7 Å². The van der Waals surface area contributed by atoms with Gasteiger partial charge in [-0.3, -0.25) is 4.79 Å². The van der Waals surface area contributed by atoms with Gasteiger partial charge in [0, 0.05) is 18.3 Å². The molecule has 1 aliphatic carbocycles. The van der Waals surface area contributed by atoms with E-state index in [1.54, 1.807) is 6.07 Å². The van der Waals surface area contributed by atoms with Crippen LogP contribution in [0.1, 0.15) is 71.5 Å². The summed E-state index contributed by atoms with van der Waals surface area (Å²) in [4.78, 5) is 26.4. The molecular formula is C31H30FN3O6S. The largest absolute Gasteiger partial charge is 0.507 e. The maximum Gasteiger partial charge on any atom is 0.339 e. The molecule has 11 heteroatoms. The second kappa shape index (κ2) is 11.9. The van der Waals surface area contributed by atoms with E-state index in [9.17, 15) is 32.6 Å². The summed E-state index contributed by atoms with van der Waals surface area (Å²) in [5.74, 6) is -2.78. The lowest BCUT2D eigenvalue weighted by Gasteiger charge is -2.41. The van der Waals surface area contributed by atoms with Crippen LogP contribution in [0.5, 0.6) is 5.75 Å². The van der Waals surface area contributed by atoms with E-state index in [0.29, 0.717) is 5.92 Å². The average Bonchev–Trinajstić information content (AvgIpc) is 2.95. The fraction of sp³-hybridized carbons (Fsp3) is 0.323. The standard InChI is InChI=1S/C31H30FN3O6S/c32-27-13-11-25(16-23(27)18-33)42(40,41)35-15-14-28(35)30(37)34(24-10-12-26(31(38)39)29(36)17-24)19-20-6-8-22(9-7-20)21-4-2-1-3-5-21/h6-13,16-17,21,28,36H,1-5,14-15,19H2,(H,38,39)/t28-/m1/s1. The van der Waals surface area contributed by atoms with E-state index in [1.165, 1.54) is 47.9 Å². The normalized spacial score (nSPS) is 17.7. The van der Waals surface area contributed by atoms with Gasteiger partial charge in [-0.1, -0.05) is 43.5 Å². The Hall–Kier alpha value is -4.27. The highest BCUT2D eigenvalue weighted by Gasteiger charge is 2.45. The minimum absolute atomic E-state index is 0.0468. The molecule has 0 bridgehead atoms. The molecule has 1 aliphatic heterocycles. The topological polar surface area (TPSA) is 139 Å². The van der Waals surface area contributed by atoms with Gasteiger partial charge in [0.05, 0.1) is 17.0 Å². The van der Waals surface area contributed by atoms with E-state index < -0.39 is 45.1 Å². The molecule has 0 aromatic heterocycles. The fourth-order valence-corrected chi connectivity index (χ4v) is 7.30. The molecule has 2 fully saturated rings. The smallest absolute Gasteiger partial charge is 0.339 e. The van der Waals surface area contributed by atoms with Gasteiger partial charge in [-0.2, -0.15) is 9.57 Å². The summed E-state index contributed by atoms with van der Waals surface area (Å²) in [5, 5.41) is 28.9. The van der Waals surface area contributed by atoms with E-state index in [1.807, 2.05) is 24.3 Å². The number of hydrogen-bond donors (Lipinski definition) is 2. The van der Waals surface area contributed by atoms with E-state index >= 15 is 0 Å². The third kappa shape index (κ3) is 5.73. The van der Waals surface area contributed by atoms with Crippen LogP contribution in [0.3, 0.4) is 0 Å². The zero-order valence-electron chi connectivity index (χ0n) is 22.7. The van der Waals surface area contributed by atoms with Gasteiger partial charge in [-0.15, -0.1) is 0 Å². The number of aromatic carboxylic acids is 1. The predicted molar refractivity (Wildman–Crippen MR) is 152 cm³/mol. The summed E-state index contributed by atoms with van der Waals surface area (Å²) < 4.78 is 41.7. The lowest BCUT2D eigenvalue weighted by atomic mass is 9.84. The zero-order valence-corrected chi connectivity index (χ0v) is 23.6. The molecule has 5 rings (SSSR count). The third-order valence-corrected chi connectivity index (χ3v) is 10.0. The Balaban J connectivity index is 1.45. The Kier molecular flexibility index (Phi) is 8.29. The number of hydrogen-bond acceptors (Lipinski definition) is 6. The fourth-order valence-electron chi connectivity index (χ4n) is 5.64. The lowest BCUT2D eigenvalue weighted by molar-refractivity contribution is -0.125. The number of sulfonamides is 1. The molecule has 2 aliphatic rings. The first-order valence-electron chi connectivity index (χ1n) is 13.8. The van der Waals surface area contributed by atoms with Crippen molar-refractivity contribution in [3.8, 4) is 11.8 Å². The summed E-state index contributed by atoms with van der Waals surface area (Å²) in [5.41, 5.74) is 1.45. The third-order valence-electron chi connectivity index (χ3n) is 8.11. The number of phenols is 1. The minimum Gasteiger partial charge on any atom is -0.507 e. The van der Waals surface area contributed by atoms with Crippen molar-refractivity contribution in [3.05, 3.63) is 88.7 Å². The molecule has 0 radical (unpaired) electrons. The first-order valence-corrected chi connectivity index (χ1v) is 15.2. The monoisotopic (exact) mass is 591 g/mol. The Morgan fingerprint density at radius 3 is 2.31 bits per heavy atom. The Bertz CT molecular complexity index is 1660.